The molecule has 0 unspecified atom stereocenters. The summed E-state index contributed by atoms with van der Waals surface area (Å²) < 4.78 is 5.52. The molecule has 0 fully saturated rings. The molecule has 0 aliphatic rings. The van der Waals surface area contributed by atoms with Crippen molar-refractivity contribution in [3.63, 3.8) is 0 Å². The van der Waals surface area contributed by atoms with Crippen molar-refractivity contribution < 1.29 is 4.74 Å². The molecule has 0 radical (unpaired) electrons. The van der Waals surface area contributed by atoms with E-state index in [2.05, 4.69) is 12.1 Å². The number of hydrogen-bond acceptors (Lipinski definition) is 1. The molecule has 0 spiro atoms. The summed E-state index contributed by atoms with van der Waals surface area (Å²) >= 11 is 5.86. The van der Waals surface area contributed by atoms with Crippen LogP contribution in [0.15, 0.2) is 54.6 Å². The maximum atomic E-state index is 5.86. The molecule has 0 saturated heterocycles. The van der Waals surface area contributed by atoms with Crippen LogP contribution in [0, 0.1) is 0 Å². The van der Waals surface area contributed by atoms with Crippen molar-refractivity contribution >= 4 is 11.6 Å². The van der Waals surface area contributed by atoms with Crippen molar-refractivity contribution in [2.45, 2.75) is 6.10 Å². The quantitative estimate of drug-likeness (QED) is 0.775. The standard InChI is InChI=1S/C14H13ClO/c1-16-14(11-5-3-2-4-6-11)12-7-9-13(15)10-8-12/h2-10,14H,1H3/t14-/m1/s1. The molecule has 1 nitrogen and oxygen atoms in total. The number of hydrogen-bond donors (Lipinski definition) is 0. The zero-order valence-corrected chi connectivity index (χ0v) is 9.82. The van der Waals surface area contributed by atoms with Crippen LogP contribution in [0.25, 0.3) is 0 Å². The van der Waals surface area contributed by atoms with E-state index >= 15 is 0 Å². The van der Waals surface area contributed by atoms with Crippen LogP contribution in [0.3, 0.4) is 0 Å². The maximum Gasteiger partial charge on any atom is 0.107 e. The minimum absolute atomic E-state index is 0.0292. The normalized spacial score (nSPS) is 12.4. The van der Waals surface area contributed by atoms with Crippen LogP contribution in [0.2, 0.25) is 5.02 Å². The van der Waals surface area contributed by atoms with Crippen molar-refractivity contribution in [3.05, 3.63) is 70.7 Å². The second kappa shape index (κ2) is 5.15. The van der Waals surface area contributed by atoms with Gasteiger partial charge < -0.3 is 4.74 Å². The number of methoxy groups -OCH3 is 1. The first kappa shape index (κ1) is 11.2. The molecular formula is C14H13ClO. The number of rotatable bonds is 3. The average Bonchev–Trinajstić information content (AvgIpc) is 2.34. The van der Waals surface area contributed by atoms with Crippen LogP contribution in [-0.4, -0.2) is 7.11 Å². The fraction of sp³-hybridized carbons (Fsp3) is 0.143. The molecule has 0 aromatic heterocycles. The minimum atomic E-state index is -0.0292. The van der Waals surface area contributed by atoms with Gasteiger partial charge in [-0.2, -0.15) is 0 Å². The Morgan fingerprint density at radius 3 is 2.00 bits per heavy atom. The Hall–Kier alpha value is -1.31. The molecule has 0 aliphatic carbocycles. The number of halogens is 1. The summed E-state index contributed by atoms with van der Waals surface area (Å²) in [5, 5.41) is 0.742. The molecule has 0 bridgehead atoms. The predicted molar refractivity (Wildman–Crippen MR) is 66.7 cm³/mol. The van der Waals surface area contributed by atoms with Gasteiger partial charge in [0.2, 0.25) is 0 Å². The van der Waals surface area contributed by atoms with Gasteiger partial charge in [-0.3, -0.25) is 0 Å². The van der Waals surface area contributed by atoms with E-state index in [-0.39, 0.29) is 6.10 Å². The Morgan fingerprint density at radius 1 is 0.875 bits per heavy atom. The van der Waals surface area contributed by atoms with E-state index in [4.69, 9.17) is 16.3 Å². The van der Waals surface area contributed by atoms with Gasteiger partial charge in [-0.1, -0.05) is 54.1 Å². The van der Waals surface area contributed by atoms with Crippen LogP contribution < -0.4 is 0 Å². The van der Waals surface area contributed by atoms with Crippen LogP contribution >= 0.6 is 11.6 Å². The summed E-state index contributed by atoms with van der Waals surface area (Å²) in [5.74, 6) is 0. The van der Waals surface area contributed by atoms with Crippen molar-refractivity contribution in [2.24, 2.45) is 0 Å². The van der Waals surface area contributed by atoms with E-state index in [1.807, 2.05) is 42.5 Å². The molecule has 0 aliphatic heterocycles. The average molecular weight is 233 g/mol. The van der Waals surface area contributed by atoms with Crippen LogP contribution in [0.1, 0.15) is 17.2 Å². The van der Waals surface area contributed by atoms with Crippen LogP contribution in [-0.2, 0) is 4.74 Å². The van der Waals surface area contributed by atoms with E-state index in [1.165, 1.54) is 0 Å². The molecule has 2 heteroatoms. The molecule has 82 valence electrons. The smallest absolute Gasteiger partial charge is 0.107 e. The Morgan fingerprint density at radius 2 is 1.44 bits per heavy atom. The highest BCUT2D eigenvalue weighted by molar-refractivity contribution is 6.30. The Labute approximate surface area is 101 Å². The Balaban J connectivity index is 2.33. The van der Waals surface area contributed by atoms with Gasteiger partial charge in [0.05, 0.1) is 0 Å². The third-order valence-electron chi connectivity index (χ3n) is 2.51. The van der Waals surface area contributed by atoms with Crippen molar-refractivity contribution in [3.8, 4) is 0 Å². The van der Waals surface area contributed by atoms with Crippen molar-refractivity contribution in [1.82, 2.24) is 0 Å². The fourth-order valence-corrected chi connectivity index (χ4v) is 1.86. The zero-order chi connectivity index (χ0) is 11.4. The third-order valence-corrected chi connectivity index (χ3v) is 2.76. The first-order chi connectivity index (χ1) is 7.81. The lowest BCUT2D eigenvalue weighted by atomic mass is 10.0. The predicted octanol–water partition coefficient (Wildman–Crippen LogP) is 4.08. The first-order valence-corrected chi connectivity index (χ1v) is 5.52. The van der Waals surface area contributed by atoms with Crippen LogP contribution in [0.4, 0.5) is 0 Å². The van der Waals surface area contributed by atoms with Gasteiger partial charge in [0.15, 0.2) is 0 Å². The molecule has 2 aromatic rings. The lowest BCUT2D eigenvalue weighted by Gasteiger charge is -2.16. The number of ether oxygens (including phenoxy) is 1. The molecule has 16 heavy (non-hydrogen) atoms. The van der Waals surface area contributed by atoms with Crippen molar-refractivity contribution in [2.75, 3.05) is 7.11 Å². The van der Waals surface area contributed by atoms with E-state index in [9.17, 15) is 0 Å². The second-order valence-electron chi connectivity index (χ2n) is 3.58. The summed E-state index contributed by atoms with van der Waals surface area (Å²) in [7, 11) is 1.71. The Kier molecular flexibility index (Phi) is 3.60. The monoisotopic (exact) mass is 232 g/mol. The molecule has 2 rings (SSSR count). The van der Waals surface area contributed by atoms with Crippen molar-refractivity contribution in [1.29, 1.82) is 0 Å². The minimum Gasteiger partial charge on any atom is -0.372 e. The highest BCUT2D eigenvalue weighted by Crippen LogP contribution is 2.25. The lowest BCUT2D eigenvalue weighted by molar-refractivity contribution is 0.136. The SMILES string of the molecule is CO[C@H](c1ccccc1)c1ccc(Cl)cc1. The molecule has 0 amide bonds. The molecule has 0 saturated carbocycles. The van der Waals surface area contributed by atoms with Gasteiger partial charge in [-0.15, -0.1) is 0 Å². The Bertz CT molecular complexity index is 436. The summed E-state index contributed by atoms with van der Waals surface area (Å²) in [4.78, 5) is 0. The van der Waals surface area contributed by atoms with E-state index < -0.39 is 0 Å². The largest absolute Gasteiger partial charge is 0.372 e. The maximum absolute atomic E-state index is 5.86. The molecule has 0 heterocycles. The lowest BCUT2D eigenvalue weighted by Crippen LogP contribution is -2.02. The van der Waals surface area contributed by atoms with Gasteiger partial charge in [-0.25, -0.2) is 0 Å². The fourth-order valence-electron chi connectivity index (χ4n) is 1.73. The molecule has 0 N–H and O–H groups in total. The van der Waals surface area contributed by atoms with E-state index in [1.54, 1.807) is 7.11 Å². The van der Waals surface area contributed by atoms with Gasteiger partial charge in [-0.05, 0) is 23.3 Å². The first-order valence-electron chi connectivity index (χ1n) is 5.14. The molecule has 2 aromatic carbocycles. The third kappa shape index (κ3) is 2.43. The number of benzene rings is 2. The van der Waals surface area contributed by atoms with Gasteiger partial charge in [0.25, 0.3) is 0 Å². The zero-order valence-electron chi connectivity index (χ0n) is 9.06. The highest BCUT2D eigenvalue weighted by Gasteiger charge is 2.11. The highest BCUT2D eigenvalue weighted by atomic mass is 35.5. The molecule has 1 atom stereocenters. The summed E-state index contributed by atoms with van der Waals surface area (Å²) in [6, 6.07) is 17.9. The summed E-state index contributed by atoms with van der Waals surface area (Å²) in [5.41, 5.74) is 2.26. The van der Waals surface area contributed by atoms with Gasteiger partial charge in [0.1, 0.15) is 6.10 Å². The van der Waals surface area contributed by atoms with E-state index in [0.29, 0.717) is 0 Å². The molecular weight excluding hydrogens is 220 g/mol. The summed E-state index contributed by atoms with van der Waals surface area (Å²) in [6.45, 7) is 0. The van der Waals surface area contributed by atoms with Gasteiger partial charge >= 0.3 is 0 Å². The topological polar surface area (TPSA) is 9.23 Å². The van der Waals surface area contributed by atoms with Crippen LogP contribution in [0.5, 0.6) is 0 Å². The van der Waals surface area contributed by atoms with E-state index in [0.717, 1.165) is 16.1 Å². The van der Waals surface area contributed by atoms with Gasteiger partial charge in [0, 0.05) is 12.1 Å². The second-order valence-corrected chi connectivity index (χ2v) is 4.01. The summed E-state index contributed by atoms with van der Waals surface area (Å²) in [6.07, 6.45) is -0.0292.